The second kappa shape index (κ2) is 6.08. The molecular weight excluding hydrogens is 192 g/mol. The highest BCUT2D eigenvalue weighted by Crippen LogP contribution is 2.14. The van der Waals surface area contributed by atoms with Crippen LogP contribution in [0.25, 0.3) is 0 Å². The number of hydrogen-bond acceptors (Lipinski definition) is 3. The molecule has 0 bridgehead atoms. The highest BCUT2D eigenvalue weighted by Gasteiger charge is 2.21. The van der Waals surface area contributed by atoms with E-state index < -0.39 is 0 Å². The number of ether oxygens (including phenoxy) is 1. The number of amides is 1. The molecule has 0 aliphatic carbocycles. The molecular formula is C11H22N2O2. The Balaban J connectivity index is 2.29. The van der Waals surface area contributed by atoms with E-state index in [-0.39, 0.29) is 17.9 Å². The first-order chi connectivity index (χ1) is 7.11. The zero-order valence-corrected chi connectivity index (χ0v) is 9.66. The van der Waals surface area contributed by atoms with E-state index in [1.807, 2.05) is 13.8 Å². The largest absolute Gasteiger partial charge is 0.381 e. The maximum atomic E-state index is 11.1. The molecule has 1 atom stereocenters. The van der Waals surface area contributed by atoms with Gasteiger partial charge in [0.25, 0.3) is 0 Å². The molecule has 1 unspecified atom stereocenters. The Morgan fingerprint density at radius 3 is 2.53 bits per heavy atom. The lowest BCUT2D eigenvalue weighted by Gasteiger charge is -2.26. The molecule has 0 aromatic carbocycles. The summed E-state index contributed by atoms with van der Waals surface area (Å²) in [5.74, 6) is 0.624. The fourth-order valence-corrected chi connectivity index (χ4v) is 1.91. The van der Waals surface area contributed by atoms with Crippen LogP contribution >= 0.6 is 0 Å². The Kier molecular flexibility index (Phi) is 5.05. The van der Waals surface area contributed by atoms with Crippen LogP contribution in [0.5, 0.6) is 0 Å². The molecule has 0 aromatic heterocycles. The quantitative estimate of drug-likeness (QED) is 0.701. The third-order valence-corrected chi connectivity index (χ3v) is 2.94. The Labute approximate surface area is 91.5 Å². The molecule has 1 heterocycles. The zero-order chi connectivity index (χ0) is 11.3. The van der Waals surface area contributed by atoms with Crippen molar-refractivity contribution in [1.29, 1.82) is 0 Å². The summed E-state index contributed by atoms with van der Waals surface area (Å²) in [4.78, 5) is 11.1. The molecule has 1 fully saturated rings. The third kappa shape index (κ3) is 4.18. The molecule has 0 saturated carbocycles. The lowest BCUT2D eigenvalue weighted by atomic mass is 9.98. The van der Waals surface area contributed by atoms with Gasteiger partial charge in [-0.15, -0.1) is 0 Å². The van der Waals surface area contributed by atoms with Gasteiger partial charge >= 0.3 is 0 Å². The van der Waals surface area contributed by atoms with E-state index in [1.165, 1.54) is 0 Å². The van der Waals surface area contributed by atoms with Gasteiger partial charge in [0.05, 0.1) is 6.04 Å². The second-order valence-corrected chi connectivity index (χ2v) is 4.59. The van der Waals surface area contributed by atoms with Gasteiger partial charge in [0.15, 0.2) is 0 Å². The molecule has 1 saturated heterocycles. The van der Waals surface area contributed by atoms with Crippen LogP contribution in [0.2, 0.25) is 0 Å². The average Bonchev–Trinajstić information content (AvgIpc) is 2.18. The number of nitrogens with one attached hydrogen (secondary N) is 1. The van der Waals surface area contributed by atoms with Crippen LogP contribution in [-0.4, -0.2) is 31.7 Å². The number of carbonyl (C=O) groups excluding carboxylic acids is 1. The zero-order valence-electron chi connectivity index (χ0n) is 9.66. The summed E-state index contributed by atoms with van der Waals surface area (Å²) in [6.45, 7) is 6.57. The van der Waals surface area contributed by atoms with Gasteiger partial charge < -0.3 is 15.8 Å². The molecule has 0 radical (unpaired) electrons. The van der Waals surface area contributed by atoms with E-state index in [0.717, 1.165) is 32.6 Å². The van der Waals surface area contributed by atoms with Gasteiger partial charge in [0.2, 0.25) is 5.91 Å². The second-order valence-electron chi connectivity index (χ2n) is 4.59. The summed E-state index contributed by atoms with van der Waals surface area (Å²) < 4.78 is 5.28. The summed E-state index contributed by atoms with van der Waals surface area (Å²) in [5, 5.41) is 3.26. The molecule has 3 N–H and O–H groups in total. The topological polar surface area (TPSA) is 64.3 Å². The maximum absolute atomic E-state index is 11.1. The van der Waals surface area contributed by atoms with Crippen LogP contribution in [0.1, 0.15) is 26.7 Å². The molecule has 15 heavy (non-hydrogen) atoms. The van der Waals surface area contributed by atoms with E-state index in [9.17, 15) is 4.79 Å². The Hall–Kier alpha value is -0.610. The molecule has 1 rings (SSSR count). The Morgan fingerprint density at radius 2 is 2.07 bits per heavy atom. The lowest BCUT2D eigenvalue weighted by Crippen LogP contribution is -2.47. The van der Waals surface area contributed by atoms with E-state index in [1.54, 1.807) is 0 Å². The van der Waals surface area contributed by atoms with Gasteiger partial charge in [-0.2, -0.15) is 0 Å². The van der Waals surface area contributed by atoms with Gasteiger partial charge in [-0.1, -0.05) is 13.8 Å². The summed E-state index contributed by atoms with van der Waals surface area (Å²) in [6.07, 6.45) is 2.16. The van der Waals surface area contributed by atoms with Crippen molar-refractivity contribution in [2.24, 2.45) is 17.6 Å². The third-order valence-electron chi connectivity index (χ3n) is 2.94. The Bertz CT molecular complexity index is 201. The molecule has 1 amide bonds. The first kappa shape index (κ1) is 12.5. The van der Waals surface area contributed by atoms with E-state index in [2.05, 4.69) is 5.32 Å². The summed E-state index contributed by atoms with van der Waals surface area (Å²) in [7, 11) is 0. The maximum Gasteiger partial charge on any atom is 0.234 e. The van der Waals surface area contributed by atoms with Crippen LogP contribution in [0.3, 0.4) is 0 Å². The first-order valence-electron chi connectivity index (χ1n) is 5.71. The molecule has 0 aromatic rings. The van der Waals surface area contributed by atoms with Crippen molar-refractivity contribution in [3.05, 3.63) is 0 Å². The van der Waals surface area contributed by atoms with Crippen molar-refractivity contribution in [3.8, 4) is 0 Å². The van der Waals surface area contributed by atoms with Crippen molar-refractivity contribution in [2.75, 3.05) is 19.8 Å². The minimum absolute atomic E-state index is 0.201. The van der Waals surface area contributed by atoms with Crippen LogP contribution in [0.4, 0.5) is 0 Å². The molecule has 1 aliphatic heterocycles. The van der Waals surface area contributed by atoms with Crippen LogP contribution < -0.4 is 11.1 Å². The minimum Gasteiger partial charge on any atom is -0.381 e. The molecule has 88 valence electrons. The summed E-state index contributed by atoms with van der Waals surface area (Å²) in [6, 6.07) is -0.201. The van der Waals surface area contributed by atoms with Gasteiger partial charge in [0, 0.05) is 13.2 Å². The van der Waals surface area contributed by atoms with Crippen molar-refractivity contribution < 1.29 is 9.53 Å². The minimum atomic E-state index is -0.253. The van der Waals surface area contributed by atoms with Crippen molar-refractivity contribution in [3.63, 3.8) is 0 Å². The predicted octanol–water partition coefficient (Wildman–Crippen LogP) is 0.513. The van der Waals surface area contributed by atoms with Crippen LogP contribution in [0, 0.1) is 11.8 Å². The van der Waals surface area contributed by atoms with Crippen molar-refractivity contribution in [2.45, 2.75) is 32.7 Å². The number of primary amides is 1. The number of carbonyl (C=O) groups is 1. The van der Waals surface area contributed by atoms with Gasteiger partial charge in [-0.05, 0) is 31.2 Å². The predicted molar refractivity (Wildman–Crippen MR) is 59.4 cm³/mol. The van der Waals surface area contributed by atoms with Gasteiger partial charge in [-0.3, -0.25) is 4.79 Å². The molecule has 4 nitrogen and oxygen atoms in total. The average molecular weight is 214 g/mol. The fraction of sp³-hybridized carbons (Fsp3) is 0.909. The first-order valence-corrected chi connectivity index (χ1v) is 5.71. The summed E-state index contributed by atoms with van der Waals surface area (Å²) >= 11 is 0. The number of nitrogens with two attached hydrogens (primary N) is 1. The van der Waals surface area contributed by atoms with Crippen LogP contribution in [-0.2, 0) is 9.53 Å². The SMILES string of the molecule is CC(C)C(NCC1CCOCC1)C(N)=O. The normalized spacial score (nSPS) is 20.5. The number of hydrogen-bond donors (Lipinski definition) is 2. The molecule has 0 spiro atoms. The highest BCUT2D eigenvalue weighted by molar-refractivity contribution is 5.80. The number of rotatable bonds is 5. The molecule has 1 aliphatic rings. The smallest absolute Gasteiger partial charge is 0.234 e. The standard InChI is InChI=1S/C11H22N2O2/c1-8(2)10(11(12)14)13-7-9-3-5-15-6-4-9/h8-10,13H,3-7H2,1-2H3,(H2,12,14). The Morgan fingerprint density at radius 1 is 1.47 bits per heavy atom. The summed E-state index contributed by atoms with van der Waals surface area (Å²) in [5.41, 5.74) is 5.33. The van der Waals surface area contributed by atoms with Gasteiger partial charge in [0.1, 0.15) is 0 Å². The van der Waals surface area contributed by atoms with Crippen LogP contribution in [0.15, 0.2) is 0 Å². The van der Waals surface area contributed by atoms with E-state index >= 15 is 0 Å². The lowest BCUT2D eigenvalue weighted by molar-refractivity contribution is -0.121. The molecule has 4 heteroatoms. The van der Waals surface area contributed by atoms with Gasteiger partial charge in [-0.25, -0.2) is 0 Å². The van der Waals surface area contributed by atoms with Crippen molar-refractivity contribution >= 4 is 5.91 Å². The van der Waals surface area contributed by atoms with Crippen molar-refractivity contribution in [1.82, 2.24) is 5.32 Å². The van der Waals surface area contributed by atoms with E-state index in [4.69, 9.17) is 10.5 Å². The highest BCUT2D eigenvalue weighted by atomic mass is 16.5. The van der Waals surface area contributed by atoms with E-state index in [0.29, 0.717) is 5.92 Å². The monoisotopic (exact) mass is 214 g/mol. The fourth-order valence-electron chi connectivity index (χ4n) is 1.91.